The molecule has 2 rings (SSSR count). The highest BCUT2D eigenvalue weighted by Crippen LogP contribution is 2.21. The van der Waals surface area contributed by atoms with Crippen molar-refractivity contribution in [2.24, 2.45) is 5.92 Å². The molecule has 0 bridgehead atoms. The SMILES string of the molecule is Cc1cc(C(=O)NC2CCNCC2C)sc1C.Cl. The molecule has 2 N–H and O–H groups in total. The molecular formula is C13H21ClN2OS. The number of piperidine rings is 1. The summed E-state index contributed by atoms with van der Waals surface area (Å²) in [4.78, 5) is 14.2. The predicted molar refractivity (Wildman–Crippen MR) is 78.9 cm³/mol. The zero-order valence-corrected chi connectivity index (χ0v) is 12.7. The summed E-state index contributed by atoms with van der Waals surface area (Å²) in [6.07, 6.45) is 1.02. The molecular weight excluding hydrogens is 268 g/mol. The van der Waals surface area contributed by atoms with Gasteiger partial charge in [0, 0.05) is 10.9 Å². The van der Waals surface area contributed by atoms with Crippen molar-refractivity contribution < 1.29 is 4.79 Å². The molecule has 0 spiro atoms. The van der Waals surface area contributed by atoms with E-state index in [0.717, 1.165) is 24.4 Å². The maximum absolute atomic E-state index is 12.1. The van der Waals surface area contributed by atoms with Crippen LogP contribution in [0.4, 0.5) is 0 Å². The minimum atomic E-state index is 0. The number of hydrogen-bond acceptors (Lipinski definition) is 3. The lowest BCUT2D eigenvalue weighted by Crippen LogP contribution is -2.48. The van der Waals surface area contributed by atoms with Gasteiger partial charge in [0.15, 0.2) is 0 Å². The molecule has 1 aromatic heterocycles. The van der Waals surface area contributed by atoms with E-state index < -0.39 is 0 Å². The van der Waals surface area contributed by atoms with Gasteiger partial charge in [0.25, 0.3) is 5.91 Å². The first-order valence-corrected chi connectivity index (χ1v) is 6.98. The van der Waals surface area contributed by atoms with Gasteiger partial charge in [-0.2, -0.15) is 0 Å². The largest absolute Gasteiger partial charge is 0.348 e. The first-order chi connectivity index (χ1) is 8.08. The number of hydrogen-bond donors (Lipinski definition) is 2. The van der Waals surface area contributed by atoms with Gasteiger partial charge in [-0.15, -0.1) is 23.7 Å². The second kappa shape index (κ2) is 6.55. The van der Waals surface area contributed by atoms with Crippen LogP contribution in [0.1, 0.15) is 33.5 Å². The van der Waals surface area contributed by atoms with Crippen LogP contribution in [0.15, 0.2) is 6.07 Å². The molecule has 0 aromatic carbocycles. The van der Waals surface area contributed by atoms with E-state index in [0.29, 0.717) is 12.0 Å². The summed E-state index contributed by atoms with van der Waals surface area (Å²) in [5, 5.41) is 6.50. The second-order valence-corrected chi connectivity index (χ2v) is 6.16. The van der Waals surface area contributed by atoms with Crippen molar-refractivity contribution in [3.8, 4) is 0 Å². The van der Waals surface area contributed by atoms with Crippen LogP contribution in [0.3, 0.4) is 0 Å². The first-order valence-electron chi connectivity index (χ1n) is 6.16. The van der Waals surface area contributed by atoms with E-state index >= 15 is 0 Å². The van der Waals surface area contributed by atoms with E-state index in [-0.39, 0.29) is 18.3 Å². The van der Waals surface area contributed by atoms with Crippen molar-refractivity contribution in [3.63, 3.8) is 0 Å². The van der Waals surface area contributed by atoms with Gasteiger partial charge in [-0.3, -0.25) is 4.79 Å². The maximum Gasteiger partial charge on any atom is 0.261 e. The number of amides is 1. The van der Waals surface area contributed by atoms with Gasteiger partial charge in [-0.05, 0) is 50.9 Å². The molecule has 0 aliphatic carbocycles. The summed E-state index contributed by atoms with van der Waals surface area (Å²) in [7, 11) is 0. The molecule has 2 atom stereocenters. The van der Waals surface area contributed by atoms with E-state index in [4.69, 9.17) is 0 Å². The fraction of sp³-hybridized carbons (Fsp3) is 0.615. The molecule has 1 saturated heterocycles. The Morgan fingerprint density at radius 2 is 2.22 bits per heavy atom. The van der Waals surface area contributed by atoms with Crippen LogP contribution in [0.5, 0.6) is 0 Å². The Morgan fingerprint density at radius 1 is 1.50 bits per heavy atom. The molecule has 2 heterocycles. The lowest BCUT2D eigenvalue weighted by atomic mass is 9.95. The van der Waals surface area contributed by atoms with Crippen molar-refractivity contribution in [3.05, 3.63) is 21.4 Å². The Balaban J connectivity index is 0.00000162. The number of nitrogens with one attached hydrogen (secondary N) is 2. The summed E-state index contributed by atoms with van der Waals surface area (Å²) in [6, 6.07) is 2.30. The molecule has 1 aliphatic rings. The summed E-state index contributed by atoms with van der Waals surface area (Å²) in [5.74, 6) is 0.597. The van der Waals surface area contributed by atoms with E-state index in [9.17, 15) is 4.79 Å². The summed E-state index contributed by atoms with van der Waals surface area (Å²) >= 11 is 1.58. The Hall–Kier alpha value is -0.580. The van der Waals surface area contributed by atoms with E-state index in [1.165, 1.54) is 10.4 Å². The molecule has 1 fully saturated rings. The highest BCUT2D eigenvalue weighted by molar-refractivity contribution is 7.14. The van der Waals surface area contributed by atoms with Crippen LogP contribution >= 0.6 is 23.7 Å². The first kappa shape index (κ1) is 15.5. The fourth-order valence-corrected chi connectivity index (χ4v) is 3.09. The van der Waals surface area contributed by atoms with Crippen LogP contribution < -0.4 is 10.6 Å². The maximum atomic E-state index is 12.1. The van der Waals surface area contributed by atoms with Gasteiger partial charge in [-0.1, -0.05) is 6.92 Å². The van der Waals surface area contributed by atoms with E-state index in [1.807, 2.05) is 6.07 Å². The topological polar surface area (TPSA) is 41.1 Å². The van der Waals surface area contributed by atoms with Crippen molar-refractivity contribution in [2.45, 2.75) is 33.2 Å². The van der Waals surface area contributed by atoms with Crippen LogP contribution in [-0.2, 0) is 0 Å². The molecule has 0 radical (unpaired) electrons. The lowest BCUT2D eigenvalue weighted by Gasteiger charge is -2.30. The number of carbonyl (C=O) groups is 1. The summed E-state index contributed by atoms with van der Waals surface area (Å²) in [5.41, 5.74) is 1.21. The van der Waals surface area contributed by atoms with Crippen molar-refractivity contribution in [2.75, 3.05) is 13.1 Å². The molecule has 0 saturated carbocycles. The van der Waals surface area contributed by atoms with Gasteiger partial charge in [0.05, 0.1) is 4.88 Å². The van der Waals surface area contributed by atoms with Gasteiger partial charge in [-0.25, -0.2) is 0 Å². The van der Waals surface area contributed by atoms with E-state index in [1.54, 1.807) is 11.3 Å². The van der Waals surface area contributed by atoms with E-state index in [2.05, 4.69) is 31.4 Å². The molecule has 2 unspecified atom stereocenters. The number of rotatable bonds is 2. The third kappa shape index (κ3) is 3.46. The number of thiophene rings is 1. The standard InChI is InChI=1S/C13H20N2OS.ClH/c1-8-6-12(17-10(8)3)13(16)15-11-4-5-14-7-9(11)2;/h6,9,11,14H,4-5,7H2,1-3H3,(H,15,16);1H. The van der Waals surface area contributed by atoms with Gasteiger partial charge >= 0.3 is 0 Å². The smallest absolute Gasteiger partial charge is 0.261 e. The van der Waals surface area contributed by atoms with Gasteiger partial charge in [0.1, 0.15) is 0 Å². The molecule has 102 valence electrons. The Labute approximate surface area is 119 Å². The lowest BCUT2D eigenvalue weighted by molar-refractivity contribution is 0.0918. The highest BCUT2D eigenvalue weighted by atomic mass is 35.5. The van der Waals surface area contributed by atoms with Crippen LogP contribution in [0, 0.1) is 19.8 Å². The van der Waals surface area contributed by atoms with Crippen molar-refractivity contribution in [1.82, 2.24) is 10.6 Å². The third-order valence-corrected chi connectivity index (χ3v) is 4.64. The van der Waals surface area contributed by atoms with Crippen molar-refractivity contribution >= 4 is 29.7 Å². The van der Waals surface area contributed by atoms with Crippen LogP contribution in [-0.4, -0.2) is 25.0 Å². The zero-order chi connectivity index (χ0) is 12.4. The van der Waals surface area contributed by atoms with Gasteiger partial charge < -0.3 is 10.6 Å². The Morgan fingerprint density at radius 3 is 2.78 bits per heavy atom. The van der Waals surface area contributed by atoms with Gasteiger partial charge in [0.2, 0.25) is 0 Å². The van der Waals surface area contributed by atoms with Crippen LogP contribution in [0.25, 0.3) is 0 Å². The normalized spacial score (nSPS) is 23.3. The molecule has 5 heteroatoms. The fourth-order valence-electron chi connectivity index (χ4n) is 2.15. The number of halogens is 1. The summed E-state index contributed by atoms with van der Waals surface area (Å²) < 4.78 is 0. The molecule has 1 aliphatic heterocycles. The minimum absolute atomic E-state index is 0. The molecule has 3 nitrogen and oxygen atoms in total. The Bertz CT molecular complexity index is 400. The monoisotopic (exact) mass is 288 g/mol. The number of carbonyl (C=O) groups excluding carboxylic acids is 1. The quantitative estimate of drug-likeness (QED) is 0.878. The third-order valence-electron chi connectivity index (χ3n) is 3.49. The van der Waals surface area contributed by atoms with Crippen LogP contribution in [0.2, 0.25) is 0 Å². The minimum Gasteiger partial charge on any atom is -0.348 e. The van der Waals surface area contributed by atoms with Crippen molar-refractivity contribution in [1.29, 1.82) is 0 Å². The molecule has 18 heavy (non-hydrogen) atoms. The zero-order valence-electron chi connectivity index (χ0n) is 11.1. The number of aryl methyl sites for hydroxylation is 2. The molecule has 1 aromatic rings. The highest BCUT2D eigenvalue weighted by Gasteiger charge is 2.23. The summed E-state index contributed by atoms with van der Waals surface area (Å²) in [6.45, 7) is 8.28. The average Bonchev–Trinajstić information content (AvgIpc) is 2.63. The average molecular weight is 289 g/mol. The molecule has 1 amide bonds. The predicted octanol–water partition coefficient (Wildman–Crippen LogP) is 2.51. The Kier molecular flexibility index (Phi) is 5.63. The second-order valence-electron chi connectivity index (χ2n) is 4.90.